The van der Waals surface area contributed by atoms with Crippen molar-refractivity contribution in [3.8, 4) is 0 Å². The molecule has 0 spiro atoms. The maximum absolute atomic E-state index is 11.2. The van der Waals surface area contributed by atoms with Gasteiger partial charge in [0.05, 0.1) is 6.61 Å². The summed E-state index contributed by atoms with van der Waals surface area (Å²) in [6.45, 7) is 3.17. The average molecular weight is 252 g/mol. The molecule has 0 fully saturated rings. The number of benzene rings is 1. The van der Waals surface area contributed by atoms with Crippen LogP contribution in [0.3, 0.4) is 0 Å². The third-order valence-electron chi connectivity index (χ3n) is 2.49. The lowest BCUT2D eigenvalue weighted by molar-refractivity contribution is -0.159. The van der Waals surface area contributed by atoms with Crippen molar-refractivity contribution >= 4 is 11.8 Å². The summed E-state index contributed by atoms with van der Waals surface area (Å²) < 4.78 is 4.61. The molecule has 0 aliphatic heterocycles. The standard InChI is InChI=1S/C13H16O5/c1-3-18-13(17)12(16)11(15)10-6-4-9(5-7-10)8(2)14/h4-7,11-12,15-16H,3H2,1-2H3. The molecule has 0 heterocycles. The van der Waals surface area contributed by atoms with E-state index in [0.29, 0.717) is 11.1 Å². The van der Waals surface area contributed by atoms with Gasteiger partial charge in [0.1, 0.15) is 6.10 Å². The van der Waals surface area contributed by atoms with Crippen LogP contribution in [0.4, 0.5) is 0 Å². The molecule has 0 bridgehead atoms. The smallest absolute Gasteiger partial charge is 0.338 e. The first-order valence-corrected chi connectivity index (χ1v) is 5.61. The van der Waals surface area contributed by atoms with Crippen LogP contribution in [0.15, 0.2) is 24.3 Å². The van der Waals surface area contributed by atoms with Crippen LogP contribution in [0.5, 0.6) is 0 Å². The van der Waals surface area contributed by atoms with Crippen molar-refractivity contribution in [1.82, 2.24) is 0 Å². The highest BCUT2D eigenvalue weighted by atomic mass is 16.5. The number of ketones is 1. The van der Waals surface area contributed by atoms with Gasteiger partial charge in [0.2, 0.25) is 0 Å². The van der Waals surface area contributed by atoms with E-state index in [1.807, 2.05) is 0 Å². The van der Waals surface area contributed by atoms with Crippen molar-refractivity contribution in [2.24, 2.45) is 0 Å². The van der Waals surface area contributed by atoms with Crippen LogP contribution in [0, 0.1) is 0 Å². The normalized spacial score (nSPS) is 13.8. The number of rotatable bonds is 5. The number of esters is 1. The molecular weight excluding hydrogens is 236 g/mol. The Kier molecular flexibility index (Phi) is 5.00. The zero-order valence-corrected chi connectivity index (χ0v) is 10.3. The van der Waals surface area contributed by atoms with Crippen molar-refractivity contribution in [3.63, 3.8) is 0 Å². The highest BCUT2D eigenvalue weighted by molar-refractivity contribution is 5.94. The maximum atomic E-state index is 11.2. The molecule has 0 amide bonds. The van der Waals surface area contributed by atoms with Crippen LogP contribution in [-0.4, -0.2) is 34.7 Å². The molecule has 0 aliphatic rings. The molecule has 2 atom stereocenters. The van der Waals surface area contributed by atoms with Gasteiger partial charge in [-0.05, 0) is 19.4 Å². The summed E-state index contributed by atoms with van der Waals surface area (Å²) in [5.74, 6) is -0.970. The Bertz CT molecular complexity index is 424. The Morgan fingerprint density at radius 1 is 1.22 bits per heavy atom. The van der Waals surface area contributed by atoms with Crippen molar-refractivity contribution in [1.29, 1.82) is 0 Å². The monoisotopic (exact) mass is 252 g/mol. The van der Waals surface area contributed by atoms with Gasteiger partial charge in [-0.3, -0.25) is 4.79 Å². The lowest BCUT2D eigenvalue weighted by atomic mass is 10.0. The maximum Gasteiger partial charge on any atom is 0.338 e. The van der Waals surface area contributed by atoms with Crippen LogP contribution in [-0.2, 0) is 9.53 Å². The fraction of sp³-hybridized carbons (Fsp3) is 0.385. The third-order valence-corrected chi connectivity index (χ3v) is 2.49. The van der Waals surface area contributed by atoms with E-state index in [4.69, 9.17) is 0 Å². The SMILES string of the molecule is CCOC(=O)C(O)C(O)c1ccc(C(C)=O)cc1. The van der Waals surface area contributed by atoms with Crippen molar-refractivity contribution in [3.05, 3.63) is 35.4 Å². The predicted molar refractivity (Wildman–Crippen MR) is 64.0 cm³/mol. The zero-order valence-electron chi connectivity index (χ0n) is 10.3. The molecule has 0 radical (unpaired) electrons. The number of aliphatic hydroxyl groups is 2. The molecule has 5 nitrogen and oxygen atoms in total. The second kappa shape index (κ2) is 6.28. The Labute approximate surface area is 105 Å². The van der Waals surface area contributed by atoms with Gasteiger partial charge in [0.15, 0.2) is 11.9 Å². The number of hydrogen-bond donors (Lipinski definition) is 2. The molecule has 18 heavy (non-hydrogen) atoms. The van der Waals surface area contributed by atoms with Crippen LogP contribution >= 0.6 is 0 Å². The summed E-state index contributed by atoms with van der Waals surface area (Å²) in [7, 11) is 0. The lowest BCUT2D eigenvalue weighted by Gasteiger charge is -2.16. The van der Waals surface area contributed by atoms with Crippen LogP contribution < -0.4 is 0 Å². The largest absolute Gasteiger partial charge is 0.464 e. The van der Waals surface area contributed by atoms with E-state index in [-0.39, 0.29) is 12.4 Å². The van der Waals surface area contributed by atoms with Gasteiger partial charge in [-0.2, -0.15) is 0 Å². The molecular formula is C13H16O5. The molecule has 5 heteroatoms. The van der Waals surface area contributed by atoms with Gasteiger partial charge in [-0.15, -0.1) is 0 Å². The Hall–Kier alpha value is -1.72. The molecule has 0 saturated heterocycles. The zero-order chi connectivity index (χ0) is 13.7. The second-order valence-corrected chi connectivity index (χ2v) is 3.82. The second-order valence-electron chi connectivity index (χ2n) is 3.82. The fourth-order valence-electron chi connectivity index (χ4n) is 1.45. The lowest BCUT2D eigenvalue weighted by Crippen LogP contribution is -2.29. The first-order chi connectivity index (χ1) is 8.47. The van der Waals surface area contributed by atoms with Crippen LogP contribution in [0.2, 0.25) is 0 Å². The van der Waals surface area contributed by atoms with E-state index < -0.39 is 18.2 Å². The quantitative estimate of drug-likeness (QED) is 0.599. The summed E-state index contributed by atoms with van der Waals surface area (Å²) in [5.41, 5.74) is 0.845. The number of carbonyl (C=O) groups excluding carboxylic acids is 2. The molecule has 0 aliphatic carbocycles. The number of ether oxygens (including phenoxy) is 1. The summed E-state index contributed by atoms with van der Waals surface area (Å²) in [5, 5.41) is 19.3. The Morgan fingerprint density at radius 2 is 1.78 bits per heavy atom. The van der Waals surface area contributed by atoms with E-state index in [1.165, 1.54) is 31.2 Å². The van der Waals surface area contributed by atoms with Gasteiger partial charge in [-0.25, -0.2) is 4.79 Å². The molecule has 1 rings (SSSR count). The topological polar surface area (TPSA) is 83.8 Å². The third kappa shape index (κ3) is 3.38. The summed E-state index contributed by atoms with van der Waals surface area (Å²) in [6.07, 6.45) is -3.00. The number of aliphatic hydroxyl groups excluding tert-OH is 2. The van der Waals surface area contributed by atoms with E-state index in [9.17, 15) is 19.8 Å². The first-order valence-electron chi connectivity index (χ1n) is 5.61. The van der Waals surface area contributed by atoms with Crippen molar-refractivity contribution < 1.29 is 24.5 Å². The van der Waals surface area contributed by atoms with Crippen molar-refractivity contribution in [2.75, 3.05) is 6.61 Å². The summed E-state index contributed by atoms with van der Waals surface area (Å²) in [4.78, 5) is 22.3. The molecule has 0 aromatic heterocycles. The van der Waals surface area contributed by atoms with Crippen LogP contribution in [0.25, 0.3) is 0 Å². The summed E-state index contributed by atoms with van der Waals surface area (Å²) in [6, 6.07) is 6.03. The molecule has 1 aromatic rings. The van der Waals surface area contributed by atoms with E-state index >= 15 is 0 Å². The minimum Gasteiger partial charge on any atom is -0.464 e. The molecule has 98 valence electrons. The van der Waals surface area contributed by atoms with E-state index in [1.54, 1.807) is 6.92 Å². The van der Waals surface area contributed by atoms with Gasteiger partial charge < -0.3 is 14.9 Å². The van der Waals surface area contributed by atoms with Gasteiger partial charge in [0, 0.05) is 5.56 Å². The minimum absolute atomic E-state index is 0.0954. The van der Waals surface area contributed by atoms with Crippen molar-refractivity contribution in [2.45, 2.75) is 26.1 Å². The van der Waals surface area contributed by atoms with Gasteiger partial charge in [-0.1, -0.05) is 24.3 Å². The van der Waals surface area contributed by atoms with Gasteiger partial charge >= 0.3 is 5.97 Å². The highest BCUT2D eigenvalue weighted by Gasteiger charge is 2.26. The number of hydrogen-bond acceptors (Lipinski definition) is 5. The first kappa shape index (κ1) is 14.3. The van der Waals surface area contributed by atoms with E-state index in [0.717, 1.165) is 0 Å². The Morgan fingerprint density at radius 3 is 2.22 bits per heavy atom. The molecule has 1 aromatic carbocycles. The minimum atomic E-state index is -1.63. The average Bonchev–Trinajstić information content (AvgIpc) is 2.37. The van der Waals surface area contributed by atoms with Crippen LogP contribution in [0.1, 0.15) is 35.9 Å². The summed E-state index contributed by atoms with van der Waals surface area (Å²) >= 11 is 0. The molecule has 2 unspecified atom stereocenters. The predicted octanol–water partition coefficient (Wildman–Crippen LogP) is 0.847. The number of carbonyl (C=O) groups is 2. The van der Waals surface area contributed by atoms with E-state index in [2.05, 4.69) is 4.74 Å². The molecule has 0 saturated carbocycles. The van der Waals surface area contributed by atoms with Gasteiger partial charge in [0.25, 0.3) is 0 Å². The molecule has 2 N–H and O–H groups in total. The highest BCUT2D eigenvalue weighted by Crippen LogP contribution is 2.18. The Balaban J connectivity index is 2.80. The number of Topliss-reactive ketones (excluding diaryl/α,β-unsaturated/α-hetero) is 1. The fourth-order valence-corrected chi connectivity index (χ4v) is 1.45.